The lowest BCUT2D eigenvalue weighted by molar-refractivity contribution is -0.138. The van der Waals surface area contributed by atoms with Gasteiger partial charge in [-0.1, -0.05) is 0 Å². The zero-order valence-corrected chi connectivity index (χ0v) is 7.16. The summed E-state index contributed by atoms with van der Waals surface area (Å²) in [6, 6.07) is 0. The van der Waals surface area contributed by atoms with Crippen molar-refractivity contribution in [3.05, 3.63) is 0 Å². The summed E-state index contributed by atoms with van der Waals surface area (Å²) in [5.41, 5.74) is 0. The van der Waals surface area contributed by atoms with Crippen LogP contribution >= 0.6 is 0 Å². The first-order valence-electron chi connectivity index (χ1n) is 4.08. The third-order valence-electron chi connectivity index (χ3n) is 2.14. The minimum Gasteiger partial charge on any atom is -0.464 e. The molecule has 1 amide bonds. The lowest BCUT2D eigenvalue weighted by Crippen LogP contribution is -2.39. The number of piperidine rings is 1. The van der Waals surface area contributed by atoms with Gasteiger partial charge in [-0.15, -0.1) is 0 Å². The standard InChI is InChI=1S/C8H13NO3/c1-7(11)9-4-2-8(3-5-9)12-6-10/h6,8H,2-5H2,1H3. The van der Waals surface area contributed by atoms with Crippen molar-refractivity contribution in [1.82, 2.24) is 4.90 Å². The second kappa shape index (κ2) is 4.09. The normalized spacial score (nSPS) is 18.9. The van der Waals surface area contributed by atoms with E-state index in [0.29, 0.717) is 19.6 Å². The van der Waals surface area contributed by atoms with Gasteiger partial charge in [0.15, 0.2) is 0 Å². The van der Waals surface area contributed by atoms with Crippen LogP contribution in [-0.2, 0) is 14.3 Å². The summed E-state index contributed by atoms with van der Waals surface area (Å²) in [4.78, 5) is 22.6. The van der Waals surface area contributed by atoms with Gasteiger partial charge in [-0.25, -0.2) is 0 Å². The molecule has 1 rings (SSSR count). The van der Waals surface area contributed by atoms with Gasteiger partial charge in [-0.05, 0) is 0 Å². The molecule has 0 spiro atoms. The van der Waals surface area contributed by atoms with Crippen LogP contribution in [0.2, 0.25) is 0 Å². The maximum Gasteiger partial charge on any atom is 0.293 e. The lowest BCUT2D eigenvalue weighted by atomic mass is 10.1. The number of amides is 1. The molecule has 68 valence electrons. The number of ether oxygens (including phenoxy) is 1. The molecular weight excluding hydrogens is 158 g/mol. The van der Waals surface area contributed by atoms with Gasteiger partial charge in [-0.3, -0.25) is 9.59 Å². The van der Waals surface area contributed by atoms with Gasteiger partial charge in [0.25, 0.3) is 6.47 Å². The van der Waals surface area contributed by atoms with Crippen molar-refractivity contribution in [1.29, 1.82) is 0 Å². The molecule has 4 nitrogen and oxygen atoms in total. The van der Waals surface area contributed by atoms with Crippen LogP contribution < -0.4 is 0 Å². The van der Waals surface area contributed by atoms with Crippen LogP contribution in [0.3, 0.4) is 0 Å². The number of rotatable bonds is 2. The molecule has 0 saturated carbocycles. The molecule has 0 aliphatic carbocycles. The van der Waals surface area contributed by atoms with Crippen molar-refractivity contribution in [2.45, 2.75) is 25.9 Å². The zero-order valence-electron chi connectivity index (χ0n) is 7.16. The van der Waals surface area contributed by atoms with Crippen molar-refractivity contribution in [2.75, 3.05) is 13.1 Å². The van der Waals surface area contributed by atoms with E-state index < -0.39 is 0 Å². The van der Waals surface area contributed by atoms with E-state index in [1.807, 2.05) is 0 Å². The molecule has 0 bridgehead atoms. The van der Waals surface area contributed by atoms with Crippen LogP contribution in [0.25, 0.3) is 0 Å². The molecule has 0 aromatic carbocycles. The number of carbonyl (C=O) groups excluding carboxylic acids is 2. The first kappa shape index (κ1) is 9.03. The van der Waals surface area contributed by atoms with E-state index in [9.17, 15) is 9.59 Å². The lowest BCUT2D eigenvalue weighted by Gasteiger charge is -2.29. The molecule has 1 aliphatic rings. The van der Waals surface area contributed by atoms with Crippen LogP contribution in [0.1, 0.15) is 19.8 Å². The monoisotopic (exact) mass is 171 g/mol. The average molecular weight is 171 g/mol. The molecule has 1 fully saturated rings. The van der Waals surface area contributed by atoms with Gasteiger partial charge in [0.2, 0.25) is 5.91 Å². The van der Waals surface area contributed by atoms with Crippen LogP contribution in [0, 0.1) is 0 Å². The van der Waals surface area contributed by atoms with Crippen molar-refractivity contribution >= 4 is 12.4 Å². The smallest absolute Gasteiger partial charge is 0.293 e. The second-order valence-corrected chi connectivity index (χ2v) is 2.94. The Balaban J connectivity index is 2.29. The molecule has 1 saturated heterocycles. The zero-order chi connectivity index (χ0) is 8.97. The Morgan fingerprint density at radius 1 is 1.50 bits per heavy atom. The van der Waals surface area contributed by atoms with E-state index >= 15 is 0 Å². The molecule has 0 radical (unpaired) electrons. The summed E-state index contributed by atoms with van der Waals surface area (Å²) >= 11 is 0. The van der Waals surface area contributed by atoms with Crippen LogP contribution in [0.15, 0.2) is 0 Å². The molecule has 0 atom stereocenters. The predicted molar refractivity (Wildman–Crippen MR) is 42.4 cm³/mol. The summed E-state index contributed by atoms with van der Waals surface area (Å²) in [6.45, 7) is 3.44. The highest BCUT2D eigenvalue weighted by Crippen LogP contribution is 2.12. The molecular formula is C8H13NO3. The molecule has 12 heavy (non-hydrogen) atoms. The maximum absolute atomic E-state index is 10.9. The van der Waals surface area contributed by atoms with Crippen LogP contribution in [-0.4, -0.2) is 36.5 Å². The van der Waals surface area contributed by atoms with E-state index in [1.54, 1.807) is 11.8 Å². The van der Waals surface area contributed by atoms with E-state index in [4.69, 9.17) is 4.74 Å². The van der Waals surface area contributed by atoms with Crippen molar-refractivity contribution in [3.8, 4) is 0 Å². The number of carbonyl (C=O) groups is 2. The molecule has 4 heteroatoms. The summed E-state index contributed by atoms with van der Waals surface area (Å²) in [5.74, 6) is 0.0968. The predicted octanol–water partition coefficient (Wildman–Crippen LogP) is 0.170. The van der Waals surface area contributed by atoms with Crippen molar-refractivity contribution in [2.24, 2.45) is 0 Å². The number of likely N-dealkylation sites (tertiary alicyclic amines) is 1. The summed E-state index contributed by atoms with van der Waals surface area (Å²) in [6.07, 6.45) is 1.54. The van der Waals surface area contributed by atoms with Gasteiger partial charge >= 0.3 is 0 Å². The minimum absolute atomic E-state index is 0.0121. The van der Waals surface area contributed by atoms with Gasteiger partial charge in [0, 0.05) is 32.9 Å². The van der Waals surface area contributed by atoms with Crippen molar-refractivity contribution < 1.29 is 14.3 Å². The Morgan fingerprint density at radius 2 is 2.08 bits per heavy atom. The third-order valence-corrected chi connectivity index (χ3v) is 2.14. The third kappa shape index (κ3) is 2.22. The quantitative estimate of drug-likeness (QED) is 0.556. The minimum atomic E-state index is 0.0121. The Hall–Kier alpha value is -1.06. The van der Waals surface area contributed by atoms with Crippen LogP contribution in [0.4, 0.5) is 0 Å². The number of hydrogen-bond acceptors (Lipinski definition) is 3. The Labute approximate surface area is 71.5 Å². The summed E-state index contributed by atoms with van der Waals surface area (Å²) in [5, 5.41) is 0. The van der Waals surface area contributed by atoms with E-state index in [2.05, 4.69) is 0 Å². The van der Waals surface area contributed by atoms with Gasteiger partial charge in [0.1, 0.15) is 6.10 Å². The van der Waals surface area contributed by atoms with Crippen LogP contribution in [0.5, 0.6) is 0 Å². The molecule has 0 aromatic rings. The highest BCUT2D eigenvalue weighted by atomic mass is 16.5. The Morgan fingerprint density at radius 3 is 2.50 bits per heavy atom. The number of nitrogens with zero attached hydrogens (tertiary/aromatic N) is 1. The van der Waals surface area contributed by atoms with E-state index in [0.717, 1.165) is 12.8 Å². The molecule has 0 unspecified atom stereocenters. The topological polar surface area (TPSA) is 46.6 Å². The maximum atomic E-state index is 10.9. The SMILES string of the molecule is CC(=O)N1CCC(OC=O)CC1. The largest absolute Gasteiger partial charge is 0.464 e. The summed E-state index contributed by atoms with van der Waals surface area (Å²) in [7, 11) is 0. The summed E-state index contributed by atoms with van der Waals surface area (Å²) < 4.78 is 4.79. The van der Waals surface area contributed by atoms with Gasteiger partial charge < -0.3 is 9.64 Å². The fraction of sp³-hybridized carbons (Fsp3) is 0.750. The first-order chi connectivity index (χ1) is 5.74. The Bertz CT molecular complexity index is 173. The van der Waals surface area contributed by atoms with Crippen molar-refractivity contribution in [3.63, 3.8) is 0 Å². The molecule has 0 N–H and O–H groups in total. The Kier molecular flexibility index (Phi) is 3.08. The van der Waals surface area contributed by atoms with Gasteiger partial charge in [-0.2, -0.15) is 0 Å². The fourth-order valence-electron chi connectivity index (χ4n) is 1.39. The first-order valence-corrected chi connectivity index (χ1v) is 4.08. The highest BCUT2D eigenvalue weighted by molar-refractivity contribution is 5.73. The van der Waals surface area contributed by atoms with Gasteiger partial charge in [0.05, 0.1) is 0 Å². The average Bonchev–Trinajstić information content (AvgIpc) is 2.06. The molecule has 1 aliphatic heterocycles. The molecule has 0 aromatic heterocycles. The highest BCUT2D eigenvalue weighted by Gasteiger charge is 2.20. The number of hydrogen-bond donors (Lipinski definition) is 0. The molecule has 1 heterocycles. The van der Waals surface area contributed by atoms with E-state index in [1.165, 1.54) is 0 Å². The fourth-order valence-corrected chi connectivity index (χ4v) is 1.39. The van der Waals surface area contributed by atoms with E-state index in [-0.39, 0.29) is 12.0 Å². The second-order valence-electron chi connectivity index (χ2n) is 2.94.